The van der Waals surface area contributed by atoms with Gasteiger partial charge in [-0.2, -0.15) is 0 Å². The van der Waals surface area contributed by atoms with Crippen molar-refractivity contribution in [2.75, 3.05) is 6.61 Å². The van der Waals surface area contributed by atoms with Crippen molar-refractivity contribution < 1.29 is 21.9 Å². The number of ether oxygens (including phenoxy) is 1. The van der Waals surface area contributed by atoms with Crippen molar-refractivity contribution in [2.45, 2.75) is 35.8 Å². The van der Waals surface area contributed by atoms with Gasteiger partial charge in [0.1, 0.15) is 10.6 Å². The van der Waals surface area contributed by atoms with Gasteiger partial charge in [-0.25, -0.2) is 17.2 Å². The lowest BCUT2D eigenvalue weighted by atomic mass is 9.71. The minimum Gasteiger partial charge on any atom is -0.490 e. The van der Waals surface area contributed by atoms with E-state index >= 15 is 4.39 Å². The van der Waals surface area contributed by atoms with E-state index < -0.39 is 32.1 Å². The van der Waals surface area contributed by atoms with Gasteiger partial charge in [-0.15, -0.1) is 0 Å². The van der Waals surface area contributed by atoms with Gasteiger partial charge in [-0.05, 0) is 62.6 Å². The molecule has 1 aliphatic heterocycles. The van der Waals surface area contributed by atoms with Crippen LogP contribution in [-0.2, 0) is 14.6 Å². The van der Waals surface area contributed by atoms with Crippen LogP contribution in [0.4, 0.5) is 8.78 Å². The van der Waals surface area contributed by atoms with Crippen LogP contribution in [0.1, 0.15) is 31.7 Å². The standard InChI is InChI=1S/C21H19ClF2O3S/c1-2-13-9-10-21(28(25,26)16-5-3-15(22)4-6-16)14(11-13)12-27-20-18(24)8-7-17(23)19(20)21/h2-8,14H,9-12H2,1H3/b13-2-/t14-,21+/m1/s1. The van der Waals surface area contributed by atoms with Crippen molar-refractivity contribution in [1.29, 1.82) is 0 Å². The summed E-state index contributed by atoms with van der Waals surface area (Å²) in [4.78, 5) is 0.0438. The second-order valence-electron chi connectivity index (χ2n) is 7.24. The molecule has 3 nitrogen and oxygen atoms in total. The Morgan fingerprint density at radius 3 is 2.50 bits per heavy atom. The first kappa shape index (κ1) is 19.4. The lowest BCUT2D eigenvalue weighted by molar-refractivity contribution is 0.141. The van der Waals surface area contributed by atoms with E-state index in [0.717, 1.165) is 17.7 Å². The maximum atomic E-state index is 15.0. The smallest absolute Gasteiger partial charge is 0.188 e. The molecule has 0 unspecified atom stereocenters. The number of allylic oxidation sites excluding steroid dienone is 2. The molecule has 4 rings (SSSR count). The molecule has 0 aromatic heterocycles. The van der Waals surface area contributed by atoms with Crippen LogP contribution in [0.3, 0.4) is 0 Å². The molecule has 0 spiro atoms. The van der Waals surface area contributed by atoms with E-state index in [-0.39, 0.29) is 29.2 Å². The third-order valence-electron chi connectivity index (χ3n) is 5.91. The van der Waals surface area contributed by atoms with E-state index in [4.69, 9.17) is 16.3 Å². The molecule has 2 aromatic rings. The fourth-order valence-electron chi connectivity index (χ4n) is 4.48. The van der Waals surface area contributed by atoms with Gasteiger partial charge in [-0.1, -0.05) is 23.3 Å². The van der Waals surface area contributed by atoms with Crippen LogP contribution < -0.4 is 4.74 Å². The first-order valence-electron chi connectivity index (χ1n) is 9.07. The van der Waals surface area contributed by atoms with Crippen LogP contribution in [0.15, 0.2) is 52.9 Å². The molecule has 0 saturated heterocycles. The maximum absolute atomic E-state index is 15.0. The fraction of sp³-hybridized carbons (Fsp3) is 0.333. The Morgan fingerprint density at radius 2 is 1.82 bits per heavy atom. The largest absolute Gasteiger partial charge is 0.490 e. The highest BCUT2D eigenvalue weighted by molar-refractivity contribution is 7.92. The van der Waals surface area contributed by atoms with Crippen molar-refractivity contribution in [3.8, 4) is 5.75 Å². The molecular formula is C21H19ClF2O3S. The molecule has 2 aliphatic rings. The maximum Gasteiger partial charge on any atom is 0.188 e. The summed E-state index contributed by atoms with van der Waals surface area (Å²) in [6.45, 7) is 1.91. The van der Waals surface area contributed by atoms with Gasteiger partial charge in [0.2, 0.25) is 0 Å². The molecule has 1 saturated carbocycles. The third kappa shape index (κ3) is 2.69. The molecular weight excluding hydrogens is 406 g/mol. The third-order valence-corrected chi connectivity index (χ3v) is 8.75. The predicted molar refractivity (Wildman–Crippen MR) is 103 cm³/mol. The van der Waals surface area contributed by atoms with E-state index in [0.29, 0.717) is 17.9 Å². The molecule has 0 bridgehead atoms. The lowest BCUT2D eigenvalue weighted by Crippen LogP contribution is -2.51. The highest BCUT2D eigenvalue weighted by atomic mass is 35.5. The molecule has 148 valence electrons. The van der Waals surface area contributed by atoms with Gasteiger partial charge in [0.05, 0.1) is 17.1 Å². The van der Waals surface area contributed by atoms with Crippen LogP contribution in [0.25, 0.3) is 0 Å². The number of hydrogen-bond donors (Lipinski definition) is 0. The summed E-state index contributed by atoms with van der Waals surface area (Å²) in [5.41, 5.74) is 0.907. The monoisotopic (exact) mass is 424 g/mol. The molecule has 0 radical (unpaired) electrons. The zero-order valence-electron chi connectivity index (χ0n) is 15.2. The first-order chi connectivity index (χ1) is 13.3. The highest BCUT2D eigenvalue weighted by Crippen LogP contribution is 2.57. The normalized spacial score (nSPS) is 25.7. The minimum absolute atomic E-state index is 0.0114. The second kappa shape index (κ2) is 6.85. The van der Waals surface area contributed by atoms with Gasteiger partial charge in [0.15, 0.2) is 21.4 Å². The Bertz CT molecular complexity index is 1060. The lowest BCUT2D eigenvalue weighted by Gasteiger charge is -2.47. The second-order valence-corrected chi connectivity index (χ2v) is 9.88. The predicted octanol–water partition coefficient (Wildman–Crippen LogP) is 5.43. The number of benzene rings is 2. The molecule has 2 aromatic carbocycles. The van der Waals surface area contributed by atoms with Crippen LogP contribution in [0.5, 0.6) is 5.75 Å². The van der Waals surface area contributed by atoms with Crippen LogP contribution >= 0.6 is 11.6 Å². The zero-order valence-corrected chi connectivity index (χ0v) is 16.8. The highest BCUT2D eigenvalue weighted by Gasteiger charge is 2.58. The van der Waals surface area contributed by atoms with Crippen molar-refractivity contribution in [3.63, 3.8) is 0 Å². The molecule has 1 aliphatic carbocycles. The van der Waals surface area contributed by atoms with E-state index in [1.807, 2.05) is 13.0 Å². The molecule has 1 heterocycles. The van der Waals surface area contributed by atoms with Gasteiger partial charge < -0.3 is 4.74 Å². The zero-order chi connectivity index (χ0) is 20.1. The summed E-state index contributed by atoms with van der Waals surface area (Å²) in [6, 6.07) is 7.76. The molecule has 2 atom stereocenters. The van der Waals surface area contributed by atoms with E-state index in [2.05, 4.69) is 0 Å². The minimum atomic E-state index is -4.06. The number of fused-ring (bicyclic) bond motifs is 3. The summed E-state index contributed by atoms with van der Waals surface area (Å²) >= 11 is 5.92. The Hall–Kier alpha value is -1.92. The Balaban J connectivity index is 2.02. The Labute approximate surface area is 167 Å². The Morgan fingerprint density at radius 1 is 1.14 bits per heavy atom. The van der Waals surface area contributed by atoms with Gasteiger partial charge in [0, 0.05) is 10.9 Å². The summed E-state index contributed by atoms with van der Waals surface area (Å²) in [5, 5.41) is 0.400. The van der Waals surface area contributed by atoms with E-state index in [1.165, 1.54) is 24.3 Å². The number of halogens is 3. The number of sulfone groups is 1. The van der Waals surface area contributed by atoms with Crippen LogP contribution in [0, 0.1) is 17.6 Å². The fourth-order valence-corrected chi connectivity index (χ4v) is 6.94. The van der Waals surface area contributed by atoms with Crippen molar-refractivity contribution >= 4 is 21.4 Å². The summed E-state index contributed by atoms with van der Waals surface area (Å²) < 4.78 is 61.2. The quantitative estimate of drug-likeness (QED) is 0.604. The molecule has 1 fully saturated rings. The Kier molecular flexibility index (Phi) is 4.74. The number of hydrogen-bond acceptors (Lipinski definition) is 3. The molecule has 0 amide bonds. The van der Waals surface area contributed by atoms with Crippen LogP contribution in [0.2, 0.25) is 5.02 Å². The van der Waals surface area contributed by atoms with E-state index in [1.54, 1.807) is 0 Å². The van der Waals surface area contributed by atoms with Crippen molar-refractivity contribution in [3.05, 3.63) is 70.3 Å². The first-order valence-corrected chi connectivity index (χ1v) is 10.9. The summed E-state index contributed by atoms with van der Waals surface area (Å²) in [5.74, 6) is -2.32. The summed E-state index contributed by atoms with van der Waals surface area (Å²) in [6.07, 6.45) is 3.07. The molecule has 7 heteroatoms. The topological polar surface area (TPSA) is 43.4 Å². The molecule has 28 heavy (non-hydrogen) atoms. The van der Waals surface area contributed by atoms with Crippen molar-refractivity contribution in [2.24, 2.45) is 5.92 Å². The van der Waals surface area contributed by atoms with Crippen LogP contribution in [-0.4, -0.2) is 15.0 Å². The summed E-state index contributed by atoms with van der Waals surface area (Å²) in [7, 11) is -4.06. The average molecular weight is 425 g/mol. The van der Waals surface area contributed by atoms with E-state index in [9.17, 15) is 12.8 Å². The van der Waals surface area contributed by atoms with Gasteiger partial charge >= 0.3 is 0 Å². The van der Waals surface area contributed by atoms with Gasteiger partial charge in [0.25, 0.3) is 0 Å². The van der Waals surface area contributed by atoms with Crippen molar-refractivity contribution in [1.82, 2.24) is 0 Å². The SMILES string of the molecule is C/C=C1/CC[C@@]2(S(=O)(=O)c3ccc(Cl)cc3)c3c(F)ccc(F)c3OC[C@H]2C1. The molecule has 0 N–H and O–H groups in total. The van der Waals surface area contributed by atoms with Gasteiger partial charge in [-0.3, -0.25) is 0 Å². The average Bonchev–Trinajstić information content (AvgIpc) is 2.69. The number of rotatable bonds is 2.